The number of esters is 2. The van der Waals surface area contributed by atoms with Gasteiger partial charge in [0.05, 0.1) is 19.8 Å². The molecule has 0 aliphatic carbocycles. The van der Waals surface area contributed by atoms with Crippen molar-refractivity contribution in [1.82, 2.24) is 0 Å². The summed E-state index contributed by atoms with van der Waals surface area (Å²) in [5.74, 6) is -1.06. The normalized spacial score (nSPS) is 26.7. The third-order valence-electron chi connectivity index (χ3n) is 10.8. The summed E-state index contributed by atoms with van der Waals surface area (Å²) in [7, 11) is 0. The summed E-state index contributed by atoms with van der Waals surface area (Å²) in [5.41, 5.74) is 0. The Kier molecular flexibility index (Phi) is 34.5. The molecule has 0 radical (unpaired) electrons. The lowest BCUT2D eigenvalue weighted by molar-refractivity contribution is -0.332. The lowest BCUT2D eigenvalue weighted by Crippen LogP contribution is -2.61. The van der Waals surface area contributed by atoms with Gasteiger partial charge in [0.25, 0.3) is 0 Å². The highest BCUT2D eigenvalue weighted by molar-refractivity contribution is 5.70. The van der Waals surface area contributed by atoms with Crippen LogP contribution in [-0.2, 0) is 38.0 Å². The highest BCUT2D eigenvalue weighted by Gasteiger charge is 2.47. The summed E-state index contributed by atoms with van der Waals surface area (Å²) >= 11 is 0. The molecular formula is C53H82O15. The van der Waals surface area contributed by atoms with Gasteiger partial charge in [0, 0.05) is 12.8 Å². The zero-order valence-corrected chi connectivity index (χ0v) is 40.3. The highest BCUT2D eigenvalue weighted by Crippen LogP contribution is 2.26. The SMILES string of the molecule is CC/C=C/C=C/C=C/CCCCCCCC(=O)OC(COC(=O)CC/C=C/C/C=C/C/C=C/C/C=C/C/C=C/C/C=C/CC)CO[C@@H]1O[C@H](CO[C@@H]2O[C@H](CO)[C@H](O)C(O)C2O)[C@H](O)C(O)C1O. The molecule has 0 amide bonds. The van der Waals surface area contributed by atoms with E-state index in [2.05, 4.69) is 86.8 Å². The van der Waals surface area contributed by atoms with Gasteiger partial charge >= 0.3 is 11.9 Å². The molecule has 15 nitrogen and oxygen atoms in total. The molecule has 5 unspecified atom stereocenters. The quantitative estimate of drug-likeness (QED) is 0.0158. The second-order valence-electron chi connectivity index (χ2n) is 16.6. The van der Waals surface area contributed by atoms with Crippen molar-refractivity contribution in [2.45, 2.75) is 184 Å². The monoisotopic (exact) mass is 959 g/mol. The van der Waals surface area contributed by atoms with E-state index in [9.17, 15) is 45.3 Å². The summed E-state index contributed by atoms with van der Waals surface area (Å²) < 4.78 is 33.4. The molecule has 0 aromatic carbocycles. The Labute approximate surface area is 404 Å². The Hall–Kier alpha value is -3.84. The number of rotatable bonds is 35. The minimum Gasteiger partial charge on any atom is -0.462 e. The molecule has 2 fully saturated rings. The number of hydrogen-bond donors (Lipinski definition) is 7. The van der Waals surface area contributed by atoms with E-state index in [1.54, 1.807) is 0 Å². The van der Waals surface area contributed by atoms with Gasteiger partial charge in [-0.05, 0) is 70.6 Å². The van der Waals surface area contributed by atoms with Crippen LogP contribution in [0, 0.1) is 0 Å². The van der Waals surface area contributed by atoms with Crippen molar-refractivity contribution in [3.8, 4) is 0 Å². The van der Waals surface area contributed by atoms with Crippen molar-refractivity contribution >= 4 is 11.9 Å². The van der Waals surface area contributed by atoms with Crippen LogP contribution in [0.4, 0.5) is 0 Å². The molecule has 2 saturated heterocycles. The number of unbranched alkanes of at least 4 members (excludes halogenated alkanes) is 5. The third-order valence-corrected chi connectivity index (χ3v) is 10.8. The zero-order valence-electron chi connectivity index (χ0n) is 40.3. The van der Waals surface area contributed by atoms with Crippen LogP contribution in [0.3, 0.4) is 0 Å². The van der Waals surface area contributed by atoms with Gasteiger partial charge in [-0.2, -0.15) is 0 Å². The van der Waals surface area contributed by atoms with Gasteiger partial charge in [-0.1, -0.05) is 142 Å². The molecule has 11 atom stereocenters. The molecule has 0 aromatic rings. The number of ether oxygens (including phenoxy) is 6. The number of carbonyl (C=O) groups excluding carboxylic acids is 2. The smallest absolute Gasteiger partial charge is 0.306 e. The predicted molar refractivity (Wildman–Crippen MR) is 261 cm³/mol. The van der Waals surface area contributed by atoms with Gasteiger partial charge in [-0.25, -0.2) is 0 Å². The van der Waals surface area contributed by atoms with E-state index in [4.69, 9.17) is 28.4 Å². The van der Waals surface area contributed by atoms with E-state index < -0.39 is 99.3 Å². The predicted octanol–water partition coefficient (Wildman–Crippen LogP) is 6.37. The minimum atomic E-state index is -1.79. The Morgan fingerprint density at radius 3 is 1.57 bits per heavy atom. The van der Waals surface area contributed by atoms with Crippen molar-refractivity contribution in [3.63, 3.8) is 0 Å². The molecule has 0 spiro atoms. The molecule has 0 aromatic heterocycles. The van der Waals surface area contributed by atoms with E-state index in [1.165, 1.54) is 0 Å². The zero-order chi connectivity index (χ0) is 49.6. The number of hydrogen-bond acceptors (Lipinski definition) is 15. The standard InChI is InChI=1S/C53H82O15/c1-3-5-7-9-11-13-15-17-18-19-20-21-22-24-25-27-29-31-33-35-44(55)63-38-41(66-45(56)36-34-32-30-28-26-23-16-14-12-10-8-6-4-2)39-64-52-51(62)49(60)47(58)43(68-52)40-65-53-50(61)48(59)46(57)42(37-54)67-53/h5-8,10-14,16-18,20-21,24-25,29,31,41-43,46-54,57-62H,3-4,9,15,19,22-23,26-28,30,32-40H2,1-2H3/b7-5+,8-6+,12-10+,13-11+,16-14+,18-17+,21-20+,25-24+,31-29+/t41?,42-,43-,46+,47+,48?,49?,50?,51?,52-,53-/m1/s1. The van der Waals surface area contributed by atoms with Crippen LogP contribution in [0.5, 0.6) is 0 Å². The third kappa shape index (κ3) is 26.8. The largest absolute Gasteiger partial charge is 0.462 e. The van der Waals surface area contributed by atoms with Crippen LogP contribution in [0.15, 0.2) is 109 Å². The fourth-order valence-electron chi connectivity index (χ4n) is 6.83. The molecule has 2 heterocycles. The summed E-state index contributed by atoms with van der Waals surface area (Å²) in [6.45, 7) is 2.20. The Bertz CT molecular complexity index is 1600. The van der Waals surface area contributed by atoms with E-state index in [0.717, 1.165) is 70.6 Å². The second-order valence-corrected chi connectivity index (χ2v) is 16.6. The van der Waals surface area contributed by atoms with Gasteiger partial charge < -0.3 is 64.2 Å². The van der Waals surface area contributed by atoms with Gasteiger partial charge in [-0.3, -0.25) is 9.59 Å². The maximum absolute atomic E-state index is 13.0. The average molecular weight is 959 g/mol. The molecule has 7 N–H and O–H groups in total. The van der Waals surface area contributed by atoms with Crippen molar-refractivity contribution in [1.29, 1.82) is 0 Å². The Morgan fingerprint density at radius 2 is 0.985 bits per heavy atom. The van der Waals surface area contributed by atoms with Crippen LogP contribution in [-0.4, -0.2) is 142 Å². The summed E-state index contributed by atoms with van der Waals surface area (Å²) in [4.78, 5) is 25.7. The van der Waals surface area contributed by atoms with Gasteiger partial charge in [0.2, 0.25) is 0 Å². The Balaban J connectivity index is 1.86. The summed E-state index contributed by atoms with van der Waals surface area (Å²) in [6.07, 6.45) is 32.8. The molecule has 2 aliphatic heterocycles. The van der Waals surface area contributed by atoms with E-state index in [-0.39, 0.29) is 19.4 Å². The van der Waals surface area contributed by atoms with Crippen molar-refractivity contribution < 1.29 is 73.8 Å². The van der Waals surface area contributed by atoms with E-state index in [1.807, 2.05) is 36.5 Å². The fraction of sp³-hybridized carbons (Fsp3) is 0.623. The van der Waals surface area contributed by atoms with Crippen LogP contribution in [0.2, 0.25) is 0 Å². The van der Waals surface area contributed by atoms with Gasteiger partial charge in [0.15, 0.2) is 18.7 Å². The topological polar surface area (TPSA) is 231 Å². The maximum Gasteiger partial charge on any atom is 0.306 e. The first kappa shape index (κ1) is 60.3. The first-order chi connectivity index (χ1) is 33.0. The number of carbonyl (C=O) groups is 2. The van der Waals surface area contributed by atoms with Crippen molar-refractivity contribution in [2.24, 2.45) is 0 Å². The molecule has 0 bridgehead atoms. The van der Waals surface area contributed by atoms with Gasteiger partial charge in [-0.15, -0.1) is 0 Å². The number of aliphatic hydroxyl groups is 7. The van der Waals surface area contributed by atoms with Crippen LogP contribution < -0.4 is 0 Å². The molecule has 2 rings (SSSR count). The highest BCUT2D eigenvalue weighted by atomic mass is 16.7. The lowest BCUT2D eigenvalue weighted by Gasteiger charge is -2.42. The lowest BCUT2D eigenvalue weighted by atomic mass is 9.98. The van der Waals surface area contributed by atoms with Gasteiger partial charge in [0.1, 0.15) is 55.4 Å². The summed E-state index contributed by atoms with van der Waals surface area (Å²) in [5, 5.41) is 72.0. The molecular weight excluding hydrogens is 877 g/mol. The fourth-order valence-corrected chi connectivity index (χ4v) is 6.83. The van der Waals surface area contributed by atoms with Crippen LogP contribution >= 0.6 is 0 Å². The molecule has 15 heteroatoms. The molecule has 0 saturated carbocycles. The van der Waals surface area contributed by atoms with E-state index in [0.29, 0.717) is 19.3 Å². The minimum absolute atomic E-state index is 0.0805. The molecule has 2 aliphatic rings. The second kappa shape index (κ2) is 38.9. The molecule has 384 valence electrons. The Morgan fingerprint density at radius 1 is 0.485 bits per heavy atom. The summed E-state index contributed by atoms with van der Waals surface area (Å²) in [6, 6.07) is 0. The van der Waals surface area contributed by atoms with Crippen molar-refractivity contribution in [2.75, 3.05) is 26.4 Å². The first-order valence-electron chi connectivity index (χ1n) is 24.5. The van der Waals surface area contributed by atoms with Crippen LogP contribution in [0.25, 0.3) is 0 Å². The van der Waals surface area contributed by atoms with E-state index >= 15 is 0 Å². The van der Waals surface area contributed by atoms with Crippen LogP contribution in [0.1, 0.15) is 117 Å². The number of allylic oxidation sites excluding steroid dienone is 18. The molecule has 68 heavy (non-hydrogen) atoms. The average Bonchev–Trinajstić information content (AvgIpc) is 3.33. The number of aliphatic hydroxyl groups excluding tert-OH is 7. The maximum atomic E-state index is 13.0. The van der Waals surface area contributed by atoms with Crippen molar-refractivity contribution in [3.05, 3.63) is 109 Å². The first-order valence-corrected chi connectivity index (χ1v) is 24.5.